The summed E-state index contributed by atoms with van der Waals surface area (Å²) in [5.74, 6) is -0.832. The summed E-state index contributed by atoms with van der Waals surface area (Å²) in [6.07, 6.45) is 0. The third kappa shape index (κ3) is 5.82. The topological polar surface area (TPSA) is 158 Å². The highest BCUT2D eigenvalue weighted by atomic mass is 16.7. The van der Waals surface area contributed by atoms with Gasteiger partial charge >= 0.3 is 0 Å². The van der Waals surface area contributed by atoms with Gasteiger partial charge in [-0.3, -0.25) is 0 Å². The minimum Gasteiger partial charge on any atom is -0.369 e. The zero-order chi connectivity index (χ0) is 8.85. The number of nitrogens with two attached hydrogens (primary N) is 3. The Balaban J connectivity index is 4.02. The predicted octanol–water partition coefficient (Wildman–Crippen LogP) is -2.73. The van der Waals surface area contributed by atoms with Gasteiger partial charge in [-0.1, -0.05) is 5.43 Å². The summed E-state index contributed by atoms with van der Waals surface area (Å²) in [5, 5.41) is 14.9. The van der Waals surface area contributed by atoms with Crippen LogP contribution in [0.5, 0.6) is 0 Å². The maximum atomic E-state index is 9.68. The van der Waals surface area contributed by atoms with Crippen LogP contribution in [0.1, 0.15) is 0 Å². The molecule has 0 unspecified atom stereocenters. The van der Waals surface area contributed by atoms with Gasteiger partial charge in [0.2, 0.25) is 5.96 Å². The lowest BCUT2D eigenvalue weighted by atomic mass is 11.1. The highest BCUT2D eigenvalue weighted by molar-refractivity contribution is 5.79. The first kappa shape index (κ1) is 8.94. The molecule has 0 aliphatic heterocycles. The van der Waals surface area contributed by atoms with E-state index in [0.717, 1.165) is 0 Å². The predicted molar refractivity (Wildman–Crippen MR) is 37.6 cm³/mol. The number of hydrogen-bond acceptors (Lipinski definition) is 4. The quantitative estimate of drug-likeness (QED) is 0.149. The van der Waals surface area contributed by atoms with Crippen molar-refractivity contribution in [2.45, 2.75) is 0 Å². The zero-order valence-corrected chi connectivity index (χ0v) is 5.39. The Hall–Kier alpha value is -2.06. The van der Waals surface area contributed by atoms with Gasteiger partial charge in [-0.2, -0.15) is 0 Å². The van der Waals surface area contributed by atoms with Gasteiger partial charge in [-0.25, -0.2) is 10.1 Å². The van der Waals surface area contributed by atoms with Crippen LogP contribution in [0.15, 0.2) is 10.2 Å². The normalized spacial score (nSPS) is 10.4. The number of rotatable bonds is 2. The van der Waals surface area contributed by atoms with Gasteiger partial charge in [-0.05, 0) is 0 Å². The van der Waals surface area contributed by atoms with Crippen molar-refractivity contribution in [1.82, 2.24) is 5.43 Å². The summed E-state index contributed by atoms with van der Waals surface area (Å²) >= 11 is 0. The van der Waals surface area contributed by atoms with Crippen LogP contribution < -0.4 is 22.6 Å². The van der Waals surface area contributed by atoms with Crippen LogP contribution in [-0.2, 0) is 0 Å². The smallest absolute Gasteiger partial charge is 0.275 e. The van der Waals surface area contributed by atoms with E-state index in [4.69, 9.17) is 17.2 Å². The Morgan fingerprint density at radius 1 is 1.36 bits per heavy atom. The molecule has 0 atom stereocenters. The molecular weight excluding hydrogens is 154 g/mol. The first-order valence-corrected chi connectivity index (χ1v) is 2.35. The highest BCUT2D eigenvalue weighted by Crippen LogP contribution is 1.68. The largest absolute Gasteiger partial charge is 0.369 e. The van der Waals surface area contributed by atoms with Crippen LogP contribution in [0.25, 0.3) is 0 Å². The van der Waals surface area contributed by atoms with Crippen molar-refractivity contribution in [3.63, 3.8) is 0 Å². The number of nitrogens with one attached hydrogen (secondary N) is 1. The maximum Gasteiger partial charge on any atom is 0.275 e. The molecule has 0 heterocycles. The van der Waals surface area contributed by atoms with Gasteiger partial charge in [-0.15, -0.1) is 10.2 Å². The van der Waals surface area contributed by atoms with E-state index in [1.807, 2.05) is 0 Å². The minimum absolute atomic E-state index is 0.335. The van der Waals surface area contributed by atoms with Crippen molar-refractivity contribution in [1.29, 1.82) is 0 Å². The molecule has 0 saturated heterocycles. The Morgan fingerprint density at radius 3 is 2.27 bits per heavy atom. The molecule has 0 rings (SSSR count). The molecule has 62 valence electrons. The average Bonchev–Trinajstić information content (AvgIpc) is 1.82. The molecule has 9 heteroatoms. The fourth-order valence-electron chi connectivity index (χ4n) is 0.227. The summed E-state index contributed by atoms with van der Waals surface area (Å²) in [4.78, 5) is 9.68. The number of hydrazine groups is 1. The fourth-order valence-corrected chi connectivity index (χ4v) is 0.227. The molecule has 0 aliphatic carbocycles. The van der Waals surface area contributed by atoms with Gasteiger partial charge < -0.3 is 17.2 Å². The standard InChI is InChI=1S/C2H7N7O2/c3-1(4)6-7-2(5)8-9(10)11/h(H4,3,4,6)(H3,5,7,8). The molecule has 0 aromatic rings. The second-order valence-electron chi connectivity index (χ2n) is 1.38. The molecule has 7 N–H and O–H groups in total. The van der Waals surface area contributed by atoms with Crippen LogP contribution in [0.3, 0.4) is 0 Å². The molecule has 0 aromatic heterocycles. The monoisotopic (exact) mass is 161 g/mol. The highest BCUT2D eigenvalue weighted by Gasteiger charge is 1.96. The van der Waals surface area contributed by atoms with Crippen LogP contribution in [-0.4, -0.2) is 17.0 Å². The number of hydrogen-bond donors (Lipinski definition) is 4. The van der Waals surface area contributed by atoms with Gasteiger partial charge in [0.25, 0.3) is 5.96 Å². The first-order chi connectivity index (χ1) is 5.02. The number of guanidine groups is 2. The van der Waals surface area contributed by atoms with Gasteiger partial charge in [0.1, 0.15) is 0 Å². The Labute approximate surface area is 61.1 Å². The maximum absolute atomic E-state index is 9.68. The molecule has 0 radical (unpaired) electrons. The lowest BCUT2D eigenvalue weighted by Gasteiger charge is -1.91. The van der Waals surface area contributed by atoms with Crippen LogP contribution in [0.4, 0.5) is 0 Å². The molecule has 0 saturated carbocycles. The van der Waals surface area contributed by atoms with Crippen molar-refractivity contribution in [2.24, 2.45) is 27.4 Å². The molecule has 0 aliphatic rings. The molecular formula is C2H7N7O2. The van der Waals surface area contributed by atoms with Crippen LogP contribution >= 0.6 is 0 Å². The number of nitro groups is 1. The molecule has 11 heavy (non-hydrogen) atoms. The zero-order valence-electron chi connectivity index (χ0n) is 5.39. The lowest BCUT2D eigenvalue weighted by Crippen LogP contribution is -2.36. The molecule has 9 nitrogen and oxygen atoms in total. The Kier molecular flexibility index (Phi) is 3.15. The van der Waals surface area contributed by atoms with Crippen molar-refractivity contribution < 1.29 is 5.03 Å². The summed E-state index contributed by atoms with van der Waals surface area (Å²) < 4.78 is 0. The number of nitrogens with zero attached hydrogens (tertiary/aromatic N) is 3. The second kappa shape index (κ2) is 3.87. The molecule has 0 amide bonds. The van der Waals surface area contributed by atoms with Crippen LogP contribution in [0.2, 0.25) is 0 Å². The van der Waals surface area contributed by atoms with E-state index in [9.17, 15) is 10.1 Å². The van der Waals surface area contributed by atoms with Gasteiger partial charge in [0, 0.05) is 0 Å². The average molecular weight is 161 g/mol. The van der Waals surface area contributed by atoms with E-state index in [2.05, 4.69) is 10.2 Å². The van der Waals surface area contributed by atoms with Crippen molar-refractivity contribution in [3.8, 4) is 0 Å². The molecule has 0 fully saturated rings. The first-order valence-electron chi connectivity index (χ1n) is 2.35. The van der Waals surface area contributed by atoms with Crippen molar-refractivity contribution >= 4 is 11.9 Å². The van der Waals surface area contributed by atoms with E-state index in [1.54, 1.807) is 0 Å². The van der Waals surface area contributed by atoms with Crippen LogP contribution in [0, 0.1) is 10.1 Å². The van der Waals surface area contributed by atoms with E-state index < -0.39 is 11.0 Å². The third-order valence-corrected chi connectivity index (χ3v) is 0.479. The fraction of sp³-hybridized carbons (Fsp3) is 0. The van der Waals surface area contributed by atoms with Crippen molar-refractivity contribution in [2.75, 3.05) is 0 Å². The molecule has 0 bridgehead atoms. The minimum atomic E-state index is -0.888. The summed E-state index contributed by atoms with van der Waals surface area (Å²) in [6.45, 7) is 0. The van der Waals surface area contributed by atoms with Crippen molar-refractivity contribution in [3.05, 3.63) is 10.1 Å². The second-order valence-corrected chi connectivity index (χ2v) is 1.38. The lowest BCUT2D eigenvalue weighted by molar-refractivity contribution is -0.525. The van der Waals surface area contributed by atoms with Gasteiger partial charge in [0.15, 0.2) is 5.03 Å². The Morgan fingerprint density at radius 2 is 1.91 bits per heavy atom. The summed E-state index contributed by atoms with van der Waals surface area (Å²) in [5.41, 5.74) is 16.1. The molecule has 0 aromatic carbocycles. The summed E-state index contributed by atoms with van der Waals surface area (Å²) in [7, 11) is 0. The van der Waals surface area contributed by atoms with Gasteiger partial charge in [0.05, 0.1) is 0 Å². The summed E-state index contributed by atoms with van der Waals surface area (Å²) in [6, 6.07) is 0. The SMILES string of the molecule is NC(N)=NN=C(N)N[N+](=O)[O-]. The molecule has 0 spiro atoms. The van der Waals surface area contributed by atoms with E-state index in [1.165, 1.54) is 5.43 Å². The Bertz CT molecular complexity index is 202. The third-order valence-electron chi connectivity index (χ3n) is 0.479. The van der Waals surface area contributed by atoms with E-state index >= 15 is 0 Å². The van der Waals surface area contributed by atoms with E-state index in [0.29, 0.717) is 0 Å². The van der Waals surface area contributed by atoms with E-state index in [-0.39, 0.29) is 5.96 Å².